The van der Waals surface area contributed by atoms with Gasteiger partial charge in [-0.1, -0.05) is 36.0 Å². The number of hydrogen-bond acceptors (Lipinski definition) is 8. The van der Waals surface area contributed by atoms with E-state index in [1.165, 1.54) is 11.8 Å². The van der Waals surface area contributed by atoms with Crippen molar-refractivity contribution in [2.75, 3.05) is 47.6 Å². The Labute approximate surface area is 191 Å². The largest absolute Gasteiger partial charge is 0.378 e. The second-order valence-electron chi connectivity index (χ2n) is 7.55. The molecular weight excluding hydrogens is 424 g/mol. The molecule has 1 amide bonds. The molecule has 2 heterocycles. The first-order valence-corrected chi connectivity index (χ1v) is 11.5. The van der Waals surface area contributed by atoms with Crippen LogP contribution >= 0.6 is 11.8 Å². The van der Waals surface area contributed by atoms with Crippen molar-refractivity contribution in [1.82, 2.24) is 15.0 Å². The number of anilines is 4. The van der Waals surface area contributed by atoms with Crippen LogP contribution in [0.4, 0.5) is 23.3 Å². The van der Waals surface area contributed by atoms with Gasteiger partial charge in [-0.05, 0) is 49.2 Å². The van der Waals surface area contributed by atoms with Gasteiger partial charge in [-0.25, -0.2) is 0 Å². The third-order valence-corrected chi connectivity index (χ3v) is 5.61. The van der Waals surface area contributed by atoms with Crippen molar-refractivity contribution < 1.29 is 9.53 Å². The fourth-order valence-electron chi connectivity index (χ4n) is 3.40. The van der Waals surface area contributed by atoms with E-state index < -0.39 is 0 Å². The lowest BCUT2D eigenvalue weighted by Crippen LogP contribution is -2.37. The van der Waals surface area contributed by atoms with Gasteiger partial charge in [0, 0.05) is 24.5 Å². The molecule has 1 aromatic heterocycles. The quantitative estimate of drug-likeness (QED) is 0.525. The number of nitrogens with zero attached hydrogens (tertiary/aromatic N) is 4. The predicted molar refractivity (Wildman–Crippen MR) is 128 cm³/mol. The van der Waals surface area contributed by atoms with Gasteiger partial charge >= 0.3 is 0 Å². The summed E-state index contributed by atoms with van der Waals surface area (Å²) in [4.78, 5) is 28.3. The molecule has 32 heavy (non-hydrogen) atoms. The Hall–Kier alpha value is -3.17. The number of hydrogen-bond donors (Lipinski definition) is 2. The van der Waals surface area contributed by atoms with Crippen LogP contribution in [0.25, 0.3) is 0 Å². The minimum Gasteiger partial charge on any atom is -0.378 e. The van der Waals surface area contributed by atoms with Crippen molar-refractivity contribution in [3.63, 3.8) is 0 Å². The Morgan fingerprint density at radius 1 is 1.00 bits per heavy atom. The standard InChI is InChI=1S/C23H26N6O2S/c1-16-12-17(2)14-19(13-16)24-20(30)15-32-23-27-21(25-18-6-4-3-5-7-18)26-22(28-23)29-8-10-31-11-9-29/h3-7,12-14H,8-11,15H2,1-2H3,(H,24,30)(H,25,26,27,28). The predicted octanol–water partition coefficient (Wildman–Crippen LogP) is 3.80. The van der Waals surface area contributed by atoms with E-state index in [1.807, 2.05) is 56.3 Å². The first kappa shape index (κ1) is 22.0. The lowest BCUT2D eigenvalue weighted by atomic mass is 10.1. The van der Waals surface area contributed by atoms with Crippen LogP contribution in [0.15, 0.2) is 53.7 Å². The number of thioether (sulfide) groups is 1. The van der Waals surface area contributed by atoms with Crippen LogP contribution in [0.1, 0.15) is 11.1 Å². The van der Waals surface area contributed by atoms with E-state index in [-0.39, 0.29) is 11.7 Å². The number of rotatable bonds is 7. The lowest BCUT2D eigenvalue weighted by Gasteiger charge is -2.27. The molecule has 0 atom stereocenters. The highest BCUT2D eigenvalue weighted by Crippen LogP contribution is 2.22. The molecule has 1 fully saturated rings. The number of aromatic nitrogens is 3. The number of carbonyl (C=O) groups excluding carboxylic acids is 1. The molecule has 3 aromatic rings. The van der Waals surface area contributed by atoms with Crippen LogP contribution in [-0.2, 0) is 9.53 Å². The van der Waals surface area contributed by atoms with Crippen molar-refractivity contribution >= 4 is 40.9 Å². The van der Waals surface area contributed by atoms with Crippen molar-refractivity contribution in [2.45, 2.75) is 19.0 Å². The van der Waals surface area contributed by atoms with E-state index in [1.54, 1.807) is 0 Å². The number of aryl methyl sites for hydroxylation is 2. The summed E-state index contributed by atoms with van der Waals surface area (Å²) in [7, 11) is 0. The zero-order chi connectivity index (χ0) is 22.3. The summed E-state index contributed by atoms with van der Waals surface area (Å²) in [6.45, 7) is 6.72. The Bertz CT molecular complexity index is 1050. The molecule has 166 valence electrons. The highest BCUT2D eigenvalue weighted by atomic mass is 32.2. The summed E-state index contributed by atoms with van der Waals surface area (Å²) in [5.74, 6) is 1.12. The van der Waals surface area contributed by atoms with Gasteiger partial charge in [-0.15, -0.1) is 0 Å². The monoisotopic (exact) mass is 450 g/mol. The van der Waals surface area contributed by atoms with Gasteiger partial charge in [0.05, 0.1) is 19.0 Å². The molecule has 0 radical (unpaired) electrons. The second-order valence-corrected chi connectivity index (χ2v) is 8.49. The summed E-state index contributed by atoms with van der Waals surface area (Å²) >= 11 is 1.29. The molecular formula is C23H26N6O2S. The zero-order valence-electron chi connectivity index (χ0n) is 18.2. The van der Waals surface area contributed by atoms with E-state index in [0.29, 0.717) is 43.4 Å². The van der Waals surface area contributed by atoms with E-state index in [9.17, 15) is 4.79 Å². The number of amides is 1. The Morgan fingerprint density at radius 3 is 2.44 bits per heavy atom. The highest BCUT2D eigenvalue weighted by molar-refractivity contribution is 7.99. The molecule has 0 bridgehead atoms. The normalized spacial score (nSPS) is 13.6. The van der Waals surface area contributed by atoms with Gasteiger partial charge in [-0.3, -0.25) is 4.79 Å². The van der Waals surface area contributed by atoms with Gasteiger partial charge in [0.25, 0.3) is 0 Å². The van der Waals surface area contributed by atoms with Crippen LogP contribution < -0.4 is 15.5 Å². The maximum Gasteiger partial charge on any atom is 0.234 e. The van der Waals surface area contributed by atoms with Crippen LogP contribution in [0.2, 0.25) is 0 Å². The molecule has 2 N–H and O–H groups in total. The summed E-state index contributed by atoms with van der Waals surface area (Å²) in [6.07, 6.45) is 0. The molecule has 0 spiro atoms. The average molecular weight is 451 g/mol. The maximum absolute atomic E-state index is 12.5. The fourth-order valence-corrected chi connectivity index (χ4v) is 4.03. The first-order chi connectivity index (χ1) is 15.5. The van der Waals surface area contributed by atoms with Gasteiger partial charge in [0.15, 0.2) is 5.16 Å². The summed E-state index contributed by atoms with van der Waals surface area (Å²) < 4.78 is 5.44. The number of carbonyl (C=O) groups is 1. The Balaban J connectivity index is 1.48. The average Bonchev–Trinajstić information content (AvgIpc) is 2.78. The van der Waals surface area contributed by atoms with Crippen LogP contribution in [0.3, 0.4) is 0 Å². The van der Waals surface area contributed by atoms with Crippen molar-refractivity contribution in [2.24, 2.45) is 0 Å². The van der Waals surface area contributed by atoms with E-state index >= 15 is 0 Å². The Morgan fingerprint density at radius 2 is 1.72 bits per heavy atom. The van der Waals surface area contributed by atoms with Gasteiger partial charge in [-0.2, -0.15) is 15.0 Å². The van der Waals surface area contributed by atoms with Gasteiger partial charge in [0.2, 0.25) is 17.8 Å². The van der Waals surface area contributed by atoms with Crippen LogP contribution in [0, 0.1) is 13.8 Å². The van der Waals surface area contributed by atoms with E-state index in [0.717, 1.165) is 22.5 Å². The minimum atomic E-state index is -0.106. The number of morpholine rings is 1. The summed E-state index contributed by atoms with van der Waals surface area (Å²) in [6, 6.07) is 15.7. The maximum atomic E-state index is 12.5. The molecule has 1 aliphatic heterocycles. The fraction of sp³-hybridized carbons (Fsp3) is 0.304. The zero-order valence-corrected chi connectivity index (χ0v) is 19.0. The van der Waals surface area contributed by atoms with E-state index in [4.69, 9.17) is 4.74 Å². The van der Waals surface area contributed by atoms with Crippen molar-refractivity contribution in [1.29, 1.82) is 0 Å². The molecule has 1 saturated heterocycles. The van der Waals surface area contributed by atoms with Crippen molar-refractivity contribution in [3.8, 4) is 0 Å². The third-order valence-electron chi connectivity index (χ3n) is 4.76. The van der Waals surface area contributed by atoms with Gasteiger partial charge < -0.3 is 20.3 Å². The number of ether oxygens (including phenoxy) is 1. The summed E-state index contributed by atoms with van der Waals surface area (Å²) in [5.41, 5.74) is 3.90. The van der Waals surface area contributed by atoms with Crippen LogP contribution in [0.5, 0.6) is 0 Å². The molecule has 4 rings (SSSR count). The molecule has 8 nitrogen and oxygen atoms in total. The molecule has 1 aliphatic rings. The summed E-state index contributed by atoms with van der Waals surface area (Å²) in [5, 5.41) is 6.68. The number of para-hydroxylation sites is 1. The SMILES string of the molecule is Cc1cc(C)cc(NC(=O)CSc2nc(Nc3ccccc3)nc(N3CCOCC3)n2)c1. The molecule has 9 heteroatoms. The third kappa shape index (κ3) is 6.18. The van der Waals surface area contributed by atoms with E-state index in [2.05, 4.69) is 36.6 Å². The number of benzene rings is 2. The molecule has 0 aliphatic carbocycles. The minimum absolute atomic E-state index is 0.106. The molecule has 0 saturated carbocycles. The first-order valence-electron chi connectivity index (χ1n) is 10.5. The van der Waals surface area contributed by atoms with Gasteiger partial charge in [0.1, 0.15) is 0 Å². The lowest BCUT2D eigenvalue weighted by molar-refractivity contribution is -0.113. The van der Waals surface area contributed by atoms with Crippen molar-refractivity contribution in [3.05, 3.63) is 59.7 Å². The topological polar surface area (TPSA) is 92.3 Å². The molecule has 0 unspecified atom stereocenters. The Kier molecular flexibility index (Phi) is 7.18. The van der Waals surface area contributed by atoms with Crippen LogP contribution in [-0.4, -0.2) is 52.9 Å². The smallest absolute Gasteiger partial charge is 0.234 e. The number of nitrogens with one attached hydrogen (secondary N) is 2. The highest BCUT2D eigenvalue weighted by Gasteiger charge is 2.17. The molecule has 2 aromatic carbocycles. The second kappa shape index (κ2) is 10.4.